The lowest BCUT2D eigenvalue weighted by molar-refractivity contribution is 0.0606. The SMILES string of the molecule is CCC(CCO)NC(C)CC1CCOCC1. The van der Waals surface area contributed by atoms with Gasteiger partial charge in [-0.25, -0.2) is 0 Å². The van der Waals surface area contributed by atoms with Crippen molar-refractivity contribution in [3.05, 3.63) is 0 Å². The van der Waals surface area contributed by atoms with E-state index >= 15 is 0 Å². The average Bonchev–Trinajstić information content (AvgIpc) is 2.29. The quantitative estimate of drug-likeness (QED) is 0.701. The van der Waals surface area contributed by atoms with Gasteiger partial charge in [-0.1, -0.05) is 6.92 Å². The summed E-state index contributed by atoms with van der Waals surface area (Å²) in [5, 5.41) is 12.6. The first-order valence-electron chi connectivity index (χ1n) is 6.70. The molecule has 0 radical (unpaired) electrons. The van der Waals surface area contributed by atoms with Gasteiger partial charge in [-0.05, 0) is 44.9 Å². The zero-order valence-corrected chi connectivity index (χ0v) is 10.7. The van der Waals surface area contributed by atoms with Crippen LogP contribution < -0.4 is 5.32 Å². The van der Waals surface area contributed by atoms with Gasteiger partial charge in [0.15, 0.2) is 0 Å². The number of hydrogen-bond acceptors (Lipinski definition) is 3. The van der Waals surface area contributed by atoms with Gasteiger partial charge in [0, 0.05) is 31.9 Å². The monoisotopic (exact) mass is 229 g/mol. The fourth-order valence-electron chi connectivity index (χ4n) is 2.51. The van der Waals surface area contributed by atoms with Gasteiger partial charge in [-0.3, -0.25) is 0 Å². The Hall–Kier alpha value is -0.120. The summed E-state index contributed by atoms with van der Waals surface area (Å²) < 4.78 is 5.37. The van der Waals surface area contributed by atoms with E-state index < -0.39 is 0 Å². The van der Waals surface area contributed by atoms with Crippen LogP contribution in [0.4, 0.5) is 0 Å². The van der Waals surface area contributed by atoms with Gasteiger partial charge in [-0.15, -0.1) is 0 Å². The second-order valence-corrected chi connectivity index (χ2v) is 4.98. The van der Waals surface area contributed by atoms with E-state index in [0.29, 0.717) is 12.1 Å². The predicted molar refractivity (Wildman–Crippen MR) is 66.5 cm³/mol. The maximum Gasteiger partial charge on any atom is 0.0468 e. The predicted octanol–water partition coefficient (Wildman–Crippen LogP) is 1.94. The molecule has 0 aliphatic carbocycles. The molecule has 0 aromatic carbocycles. The normalized spacial score (nSPS) is 21.9. The standard InChI is InChI=1S/C13H27NO2/c1-3-13(4-7-15)14-11(2)10-12-5-8-16-9-6-12/h11-15H,3-10H2,1-2H3. The van der Waals surface area contributed by atoms with E-state index in [9.17, 15) is 0 Å². The molecular formula is C13H27NO2. The molecular weight excluding hydrogens is 202 g/mol. The molecule has 0 aromatic heterocycles. The van der Waals surface area contributed by atoms with Crippen LogP contribution >= 0.6 is 0 Å². The zero-order chi connectivity index (χ0) is 11.8. The molecule has 0 aromatic rings. The Balaban J connectivity index is 2.19. The summed E-state index contributed by atoms with van der Waals surface area (Å²) in [7, 11) is 0. The van der Waals surface area contributed by atoms with E-state index in [1.165, 1.54) is 19.3 Å². The minimum atomic E-state index is 0.287. The van der Waals surface area contributed by atoms with Gasteiger partial charge in [0.05, 0.1) is 0 Å². The molecule has 2 atom stereocenters. The second-order valence-electron chi connectivity index (χ2n) is 4.98. The Labute approximate surface area is 99.6 Å². The van der Waals surface area contributed by atoms with Gasteiger partial charge in [0.2, 0.25) is 0 Å². The summed E-state index contributed by atoms with van der Waals surface area (Å²) in [5.41, 5.74) is 0. The summed E-state index contributed by atoms with van der Waals surface area (Å²) in [5.74, 6) is 0.822. The van der Waals surface area contributed by atoms with Crippen LogP contribution in [-0.4, -0.2) is 37.0 Å². The number of aliphatic hydroxyl groups excluding tert-OH is 1. The Morgan fingerprint density at radius 3 is 2.62 bits per heavy atom. The molecule has 0 spiro atoms. The minimum Gasteiger partial charge on any atom is -0.396 e. The van der Waals surface area contributed by atoms with Crippen molar-refractivity contribution in [1.82, 2.24) is 5.32 Å². The van der Waals surface area contributed by atoms with Gasteiger partial charge < -0.3 is 15.2 Å². The first-order valence-corrected chi connectivity index (χ1v) is 6.70. The van der Waals surface area contributed by atoms with Crippen molar-refractivity contribution < 1.29 is 9.84 Å². The van der Waals surface area contributed by atoms with Crippen molar-refractivity contribution in [2.75, 3.05) is 19.8 Å². The molecule has 0 amide bonds. The highest BCUT2D eigenvalue weighted by molar-refractivity contribution is 4.74. The maximum absolute atomic E-state index is 8.95. The number of nitrogens with one attached hydrogen (secondary N) is 1. The van der Waals surface area contributed by atoms with Crippen molar-refractivity contribution in [3.63, 3.8) is 0 Å². The van der Waals surface area contributed by atoms with Crippen molar-refractivity contribution in [1.29, 1.82) is 0 Å². The van der Waals surface area contributed by atoms with Crippen molar-refractivity contribution in [2.45, 2.75) is 58.0 Å². The Morgan fingerprint density at radius 2 is 2.06 bits per heavy atom. The third-order valence-electron chi connectivity index (χ3n) is 3.52. The maximum atomic E-state index is 8.95. The third-order valence-corrected chi connectivity index (χ3v) is 3.52. The zero-order valence-electron chi connectivity index (χ0n) is 10.7. The molecule has 0 saturated carbocycles. The molecule has 1 heterocycles. The first-order chi connectivity index (χ1) is 7.76. The van der Waals surface area contributed by atoms with Crippen LogP contribution in [0.25, 0.3) is 0 Å². The summed E-state index contributed by atoms with van der Waals surface area (Å²) in [4.78, 5) is 0. The van der Waals surface area contributed by atoms with Gasteiger partial charge in [0.25, 0.3) is 0 Å². The summed E-state index contributed by atoms with van der Waals surface area (Å²) >= 11 is 0. The number of aliphatic hydroxyl groups is 1. The van der Waals surface area contributed by atoms with Crippen LogP contribution in [0, 0.1) is 5.92 Å². The lowest BCUT2D eigenvalue weighted by Crippen LogP contribution is -2.38. The second kappa shape index (κ2) is 8.04. The fourth-order valence-corrected chi connectivity index (χ4v) is 2.51. The molecule has 1 aliphatic heterocycles. The highest BCUT2D eigenvalue weighted by atomic mass is 16.5. The number of rotatable bonds is 7. The van der Waals surface area contributed by atoms with E-state index in [-0.39, 0.29) is 6.61 Å². The topological polar surface area (TPSA) is 41.5 Å². The molecule has 3 heteroatoms. The van der Waals surface area contributed by atoms with Gasteiger partial charge in [0.1, 0.15) is 0 Å². The largest absolute Gasteiger partial charge is 0.396 e. The van der Waals surface area contributed by atoms with Crippen LogP contribution in [0.2, 0.25) is 0 Å². The lowest BCUT2D eigenvalue weighted by Gasteiger charge is -2.28. The molecule has 2 N–H and O–H groups in total. The van der Waals surface area contributed by atoms with Crippen LogP contribution in [0.1, 0.15) is 46.0 Å². The molecule has 1 rings (SSSR count). The minimum absolute atomic E-state index is 0.287. The van der Waals surface area contributed by atoms with Crippen LogP contribution in [0.3, 0.4) is 0 Å². The Bertz CT molecular complexity index is 163. The van der Waals surface area contributed by atoms with Crippen LogP contribution in [-0.2, 0) is 4.74 Å². The third kappa shape index (κ3) is 5.28. The van der Waals surface area contributed by atoms with E-state index in [0.717, 1.165) is 32.0 Å². The van der Waals surface area contributed by atoms with Crippen molar-refractivity contribution in [2.24, 2.45) is 5.92 Å². The van der Waals surface area contributed by atoms with E-state index in [1.54, 1.807) is 0 Å². The molecule has 1 aliphatic rings. The molecule has 0 bridgehead atoms. The number of hydrogen-bond donors (Lipinski definition) is 2. The van der Waals surface area contributed by atoms with Crippen molar-refractivity contribution >= 4 is 0 Å². The van der Waals surface area contributed by atoms with E-state index in [1.807, 2.05) is 0 Å². The molecule has 16 heavy (non-hydrogen) atoms. The lowest BCUT2D eigenvalue weighted by atomic mass is 9.92. The summed E-state index contributed by atoms with van der Waals surface area (Å²) in [6.07, 6.45) is 5.63. The molecule has 96 valence electrons. The molecule has 2 unspecified atom stereocenters. The molecule has 1 saturated heterocycles. The smallest absolute Gasteiger partial charge is 0.0468 e. The Kier molecular flexibility index (Phi) is 7.01. The molecule has 1 fully saturated rings. The molecule has 3 nitrogen and oxygen atoms in total. The van der Waals surface area contributed by atoms with E-state index in [2.05, 4.69) is 19.2 Å². The van der Waals surface area contributed by atoms with Gasteiger partial charge >= 0.3 is 0 Å². The van der Waals surface area contributed by atoms with Crippen LogP contribution in [0.15, 0.2) is 0 Å². The first kappa shape index (κ1) is 13.9. The summed E-state index contributed by atoms with van der Waals surface area (Å²) in [6, 6.07) is 1.03. The Morgan fingerprint density at radius 1 is 1.38 bits per heavy atom. The fraction of sp³-hybridized carbons (Fsp3) is 1.00. The highest BCUT2D eigenvalue weighted by Crippen LogP contribution is 2.20. The summed E-state index contributed by atoms with van der Waals surface area (Å²) in [6.45, 7) is 6.59. The average molecular weight is 229 g/mol. The highest BCUT2D eigenvalue weighted by Gasteiger charge is 2.18. The van der Waals surface area contributed by atoms with E-state index in [4.69, 9.17) is 9.84 Å². The van der Waals surface area contributed by atoms with Crippen LogP contribution in [0.5, 0.6) is 0 Å². The number of ether oxygens (including phenoxy) is 1. The van der Waals surface area contributed by atoms with Crippen molar-refractivity contribution in [3.8, 4) is 0 Å². The van der Waals surface area contributed by atoms with Gasteiger partial charge in [-0.2, -0.15) is 0 Å².